The molecule has 1 aliphatic rings. The van der Waals surface area contributed by atoms with Crippen molar-refractivity contribution in [1.29, 1.82) is 0 Å². The van der Waals surface area contributed by atoms with Gasteiger partial charge in [-0.1, -0.05) is 11.6 Å². The van der Waals surface area contributed by atoms with Crippen molar-refractivity contribution in [2.24, 2.45) is 0 Å². The maximum Gasteiger partial charge on any atom is 0.185 e. The minimum absolute atomic E-state index is 0.190. The van der Waals surface area contributed by atoms with Gasteiger partial charge in [-0.3, -0.25) is 4.79 Å². The third-order valence-electron chi connectivity index (χ3n) is 2.04. The second kappa shape index (κ2) is 4.03. The number of thiophene rings is 1. The molecule has 1 aliphatic heterocycles. The van der Waals surface area contributed by atoms with Gasteiger partial charge in [0, 0.05) is 0 Å². The second-order valence-electron chi connectivity index (χ2n) is 2.97. The van der Waals surface area contributed by atoms with Crippen LogP contribution in [0.2, 0.25) is 4.34 Å². The van der Waals surface area contributed by atoms with Crippen LogP contribution >= 0.6 is 34.7 Å². The van der Waals surface area contributed by atoms with Crippen molar-refractivity contribution in [1.82, 2.24) is 0 Å². The first kappa shape index (κ1) is 9.56. The number of carbonyl (C=O) groups excluding carboxylic acids is 1. The van der Waals surface area contributed by atoms with Gasteiger partial charge in [-0.25, -0.2) is 0 Å². The smallest absolute Gasteiger partial charge is 0.185 e. The molecule has 1 fully saturated rings. The van der Waals surface area contributed by atoms with E-state index in [1.54, 1.807) is 17.8 Å². The highest BCUT2D eigenvalue weighted by Gasteiger charge is 2.25. The third-order valence-corrected chi connectivity index (χ3v) is 4.66. The first-order valence-electron chi connectivity index (χ1n) is 4.18. The Labute approximate surface area is 90.5 Å². The van der Waals surface area contributed by atoms with Gasteiger partial charge in [0.05, 0.1) is 14.5 Å². The summed E-state index contributed by atoms with van der Waals surface area (Å²) in [7, 11) is 0. The number of halogens is 1. The molecule has 0 radical (unpaired) electrons. The number of rotatable bonds is 2. The molecule has 13 heavy (non-hydrogen) atoms. The molecule has 0 amide bonds. The van der Waals surface area contributed by atoms with E-state index < -0.39 is 0 Å². The van der Waals surface area contributed by atoms with E-state index >= 15 is 0 Å². The van der Waals surface area contributed by atoms with Crippen LogP contribution in [-0.4, -0.2) is 16.8 Å². The van der Waals surface area contributed by atoms with Crippen molar-refractivity contribution >= 4 is 40.5 Å². The zero-order valence-corrected chi connectivity index (χ0v) is 9.35. The maximum absolute atomic E-state index is 11.8. The second-order valence-corrected chi connectivity index (χ2v) is 6.00. The fourth-order valence-corrected chi connectivity index (χ4v) is 3.73. The lowest BCUT2D eigenvalue weighted by atomic mass is 10.1. The van der Waals surface area contributed by atoms with Crippen molar-refractivity contribution in [2.45, 2.75) is 18.1 Å². The molecule has 1 aromatic heterocycles. The summed E-state index contributed by atoms with van der Waals surface area (Å²) in [6.07, 6.45) is 2.19. The van der Waals surface area contributed by atoms with E-state index in [-0.39, 0.29) is 11.0 Å². The summed E-state index contributed by atoms with van der Waals surface area (Å²) in [5, 5.41) is 0.190. The maximum atomic E-state index is 11.8. The van der Waals surface area contributed by atoms with E-state index in [0.29, 0.717) is 4.34 Å². The van der Waals surface area contributed by atoms with E-state index in [4.69, 9.17) is 11.6 Å². The Balaban J connectivity index is 2.12. The molecule has 70 valence electrons. The van der Waals surface area contributed by atoms with Crippen LogP contribution in [0.25, 0.3) is 0 Å². The lowest BCUT2D eigenvalue weighted by Crippen LogP contribution is -2.12. The normalized spacial score (nSPS) is 22.1. The zero-order chi connectivity index (χ0) is 9.26. The Morgan fingerprint density at radius 2 is 2.38 bits per heavy atom. The largest absolute Gasteiger partial charge is 0.292 e. The van der Waals surface area contributed by atoms with Crippen molar-refractivity contribution in [3.8, 4) is 0 Å². The molecule has 2 rings (SSSR count). The van der Waals surface area contributed by atoms with Crippen LogP contribution in [0.15, 0.2) is 12.1 Å². The number of thioether (sulfide) groups is 1. The van der Waals surface area contributed by atoms with Crippen LogP contribution in [0.1, 0.15) is 22.5 Å². The van der Waals surface area contributed by atoms with Crippen LogP contribution in [-0.2, 0) is 0 Å². The summed E-state index contributed by atoms with van der Waals surface area (Å²) < 4.78 is 0.700. The van der Waals surface area contributed by atoms with Crippen LogP contribution in [0.3, 0.4) is 0 Å². The molecule has 2 heterocycles. The predicted octanol–water partition coefficient (Wildman–Crippen LogP) is 3.48. The fraction of sp³-hybridized carbons (Fsp3) is 0.444. The summed E-state index contributed by atoms with van der Waals surface area (Å²) in [4.78, 5) is 12.6. The number of hydrogen-bond acceptors (Lipinski definition) is 3. The lowest BCUT2D eigenvalue weighted by Gasteiger charge is -2.03. The Bertz CT molecular complexity index is 315. The molecule has 0 saturated carbocycles. The highest BCUT2D eigenvalue weighted by atomic mass is 35.5. The van der Waals surface area contributed by atoms with Gasteiger partial charge >= 0.3 is 0 Å². The highest BCUT2D eigenvalue weighted by Crippen LogP contribution is 2.31. The predicted molar refractivity (Wildman–Crippen MR) is 59.1 cm³/mol. The molecular formula is C9H9ClOS2. The standard InChI is InChI=1S/C9H9ClOS2/c10-8-4-3-7(13-8)9(11)6-2-1-5-12-6/h3-4,6H,1-2,5H2. The first-order valence-corrected chi connectivity index (χ1v) is 6.43. The number of carbonyl (C=O) groups is 1. The van der Waals surface area contributed by atoms with Crippen LogP contribution in [0.4, 0.5) is 0 Å². The Kier molecular flexibility index (Phi) is 2.96. The van der Waals surface area contributed by atoms with Crippen LogP contribution in [0.5, 0.6) is 0 Å². The van der Waals surface area contributed by atoms with Gasteiger partial charge in [-0.05, 0) is 30.7 Å². The average molecular weight is 233 g/mol. The summed E-state index contributed by atoms with van der Waals surface area (Å²) in [6.45, 7) is 0. The average Bonchev–Trinajstić information content (AvgIpc) is 2.72. The summed E-state index contributed by atoms with van der Waals surface area (Å²) >= 11 is 8.92. The van der Waals surface area contributed by atoms with E-state index in [2.05, 4.69) is 0 Å². The number of ketones is 1. The Morgan fingerprint density at radius 1 is 1.54 bits per heavy atom. The SMILES string of the molecule is O=C(c1ccc(Cl)s1)C1CCCS1. The van der Waals surface area contributed by atoms with E-state index in [9.17, 15) is 4.79 Å². The van der Waals surface area contributed by atoms with E-state index in [1.165, 1.54) is 17.8 Å². The third kappa shape index (κ3) is 2.09. The quantitative estimate of drug-likeness (QED) is 0.727. The zero-order valence-electron chi connectivity index (χ0n) is 6.96. The number of hydrogen-bond donors (Lipinski definition) is 0. The van der Waals surface area contributed by atoms with Gasteiger partial charge in [0.1, 0.15) is 0 Å². The molecule has 1 nitrogen and oxygen atoms in total. The summed E-state index contributed by atoms with van der Waals surface area (Å²) in [5.74, 6) is 1.38. The molecule has 1 unspecified atom stereocenters. The van der Waals surface area contributed by atoms with Crippen LogP contribution < -0.4 is 0 Å². The summed E-state index contributed by atoms with van der Waals surface area (Å²) in [6, 6.07) is 3.62. The lowest BCUT2D eigenvalue weighted by molar-refractivity contribution is 0.0992. The van der Waals surface area contributed by atoms with Crippen molar-refractivity contribution in [3.63, 3.8) is 0 Å². The monoisotopic (exact) mass is 232 g/mol. The van der Waals surface area contributed by atoms with Gasteiger partial charge in [-0.2, -0.15) is 11.8 Å². The molecule has 0 aliphatic carbocycles. The molecule has 1 aromatic rings. The van der Waals surface area contributed by atoms with Gasteiger partial charge in [0.15, 0.2) is 5.78 Å². The highest BCUT2D eigenvalue weighted by molar-refractivity contribution is 8.00. The summed E-state index contributed by atoms with van der Waals surface area (Å²) in [5.41, 5.74) is 0. The van der Waals surface area contributed by atoms with Gasteiger partial charge in [0.2, 0.25) is 0 Å². The van der Waals surface area contributed by atoms with Gasteiger partial charge < -0.3 is 0 Å². The molecular weight excluding hydrogens is 224 g/mol. The molecule has 1 atom stereocenters. The molecule has 0 aromatic carbocycles. The minimum Gasteiger partial charge on any atom is -0.292 e. The fourth-order valence-electron chi connectivity index (χ4n) is 1.39. The van der Waals surface area contributed by atoms with Crippen molar-refractivity contribution in [2.75, 3.05) is 5.75 Å². The van der Waals surface area contributed by atoms with E-state index in [0.717, 1.165) is 17.1 Å². The Morgan fingerprint density at radius 3 is 2.92 bits per heavy atom. The van der Waals surface area contributed by atoms with Crippen molar-refractivity contribution < 1.29 is 4.79 Å². The first-order chi connectivity index (χ1) is 6.27. The molecule has 4 heteroatoms. The molecule has 0 spiro atoms. The van der Waals surface area contributed by atoms with Gasteiger partial charge in [-0.15, -0.1) is 11.3 Å². The Hall–Kier alpha value is 0.01000. The number of Topliss-reactive ketones (excluding diaryl/α,β-unsaturated/α-hetero) is 1. The molecule has 1 saturated heterocycles. The molecule has 0 bridgehead atoms. The van der Waals surface area contributed by atoms with Crippen LogP contribution in [0, 0.1) is 0 Å². The van der Waals surface area contributed by atoms with E-state index in [1.807, 2.05) is 6.07 Å². The molecule has 0 N–H and O–H groups in total. The minimum atomic E-state index is 0.190. The topological polar surface area (TPSA) is 17.1 Å². The van der Waals surface area contributed by atoms with Crippen molar-refractivity contribution in [3.05, 3.63) is 21.3 Å². The van der Waals surface area contributed by atoms with Gasteiger partial charge in [0.25, 0.3) is 0 Å².